The van der Waals surface area contributed by atoms with E-state index in [0.29, 0.717) is 11.4 Å². The van der Waals surface area contributed by atoms with Crippen molar-refractivity contribution in [2.24, 2.45) is 0 Å². The summed E-state index contributed by atoms with van der Waals surface area (Å²) in [7, 11) is 0. The number of halogens is 2. The first-order valence-corrected chi connectivity index (χ1v) is 7.93. The molecule has 0 aliphatic heterocycles. The molecule has 0 spiro atoms. The fourth-order valence-corrected chi connectivity index (χ4v) is 2.30. The van der Waals surface area contributed by atoms with Crippen molar-refractivity contribution in [1.29, 1.82) is 0 Å². The Hall–Kier alpha value is -3.68. The molecular formula is C19H16F2N3O3+. The van der Waals surface area contributed by atoms with Gasteiger partial charge >= 0.3 is 5.82 Å². The molecule has 0 aliphatic rings. The number of benzene rings is 2. The van der Waals surface area contributed by atoms with E-state index in [-0.39, 0.29) is 29.0 Å². The fraction of sp³-hybridized carbons (Fsp3) is 0.0526. The highest BCUT2D eigenvalue weighted by Crippen LogP contribution is 2.28. The second-order valence-corrected chi connectivity index (χ2v) is 5.65. The van der Waals surface area contributed by atoms with Gasteiger partial charge in [0.05, 0.1) is 6.07 Å². The van der Waals surface area contributed by atoms with Crippen LogP contribution in [-0.4, -0.2) is 11.1 Å². The lowest BCUT2D eigenvalue weighted by Crippen LogP contribution is -2.32. The van der Waals surface area contributed by atoms with Gasteiger partial charge in [-0.05, 0) is 36.4 Å². The van der Waals surface area contributed by atoms with Gasteiger partial charge in [0.25, 0.3) is 0 Å². The molecule has 0 saturated heterocycles. The van der Waals surface area contributed by atoms with Crippen LogP contribution in [-0.2, 0) is 4.79 Å². The molecule has 8 heteroatoms. The molecule has 138 valence electrons. The van der Waals surface area contributed by atoms with Crippen molar-refractivity contribution in [1.82, 2.24) is 0 Å². The summed E-state index contributed by atoms with van der Waals surface area (Å²) in [5, 5.41) is 15.3. The quantitative estimate of drug-likeness (QED) is 0.468. The fourth-order valence-electron chi connectivity index (χ4n) is 2.30. The van der Waals surface area contributed by atoms with Gasteiger partial charge in [-0.15, -0.1) is 0 Å². The number of ether oxygens (including phenoxy) is 1. The van der Waals surface area contributed by atoms with E-state index in [2.05, 4.69) is 10.6 Å². The van der Waals surface area contributed by atoms with E-state index < -0.39 is 5.82 Å². The number of hydrogen-bond donors (Lipinski definition) is 3. The minimum absolute atomic E-state index is 0.0486. The van der Waals surface area contributed by atoms with E-state index in [1.807, 2.05) is 0 Å². The number of aromatic nitrogens is 1. The molecule has 1 amide bonds. The highest BCUT2D eigenvalue weighted by Gasteiger charge is 2.14. The molecule has 0 fully saturated rings. The maximum atomic E-state index is 14.2. The Balaban J connectivity index is 1.79. The van der Waals surface area contributed by atoms with Crippen LogP contribution < -0.4 is 20.1 Å². The lowest BCUT2D eigenvalue weighted by molar-refractivity contribution is -0.893. The van der Waals surface area contributed by atoms with Gasteiger partial charge in [-0.1, -0.05) is 4.73 Å². The van der Waals surface area contributed by atoms with Crippen LogP contribution in [0, 0.1) is 11.6 Å². The highest BCUT2D eigenvalue weighted by molar-refractivity contribution is 5.88. The van der Waals surface area contributed by atoms with Crippen LogP contribution in [0.15, 0.2) is 60.8 Å². The van der Waals surface area contributed by atoms with E-state index >= 15 is 0 Å². The number of nitrogens with zero attached hydrogens (tertiary/aromatic N) is 1. The zero-order valence-electron chi connectivity index (χ0n) is 14.2. The zero-order chi connectivity index (χ0) is 19.4. The first-order chi connectivity index (χ1) is 12.9. The molecule has 0 radical (unpaired) electrons. The lowest BCUT2D eigenvalue weighted by atomic mass is 10.3. The molecule has 0 atom stereocenters. The van der Waals surface area contributed by atoms with Crippen LogP contribution in [0.4, 0.5) is 26.0 Å². The van der Waals surface area contributed by atoms with E-state index in [4.69, 9.17) is 4.74 Å². The molecular weight excluding hydrogens is 356 g/mol. The molecule has 0 saturated carbocycles. The van der Waals surface area contributed by atoms with E-state index in [0.717, 1.165) is 10.8 Å². The predicted octanol–water partition coefficient (Wildman–Crippen LogP) is 3.98. The summed E-state index contributed by atoms with van der Waals surface area (Å²) in [6.07, 6.45) is 1.31. The molecule has 0 aliphatic carbocycles. The van der Waals surface area contributed by atoms with Gasteiger partial charge in [0, 0.05) is 24.7 Å². The SMILES string of the molecule is CC(=O)Nc1ccc(Oc2cc[n+](O)c(Nc3ccc(F)cc3)c2)c(F)c1. The van der Waals surface area contributed by atoms with Gasteiger partial charge in [-0.2, -0.15) is 0 Å². The average molecular weight is 372 g/mol. The largest absolute Gasteiger partial charge is 0.454 e. The van der Waals surface area contributed by atoms with E-state index in [1.165, 1.54) is 61.7 Å². The van der Waals surface area contributed by atoms with Crippen LogP contribution in [0.3, 0.4) is 0 Å². The molecule has 2 aromatic carbocycles. The number of carbonyl (C=O) groups excluding carboxylic acids is 1. The van der Waals surface area contributed by atoms with Crippen LogP contribution in [0.25, 0.3) is 0 Å². The van der Waals surface area contributed by atoms with Gasteiger partial charge in [0.15, 0.2) is 11.6 Å². The highest BCUT2D eigenvalue weighted by atomic mass is 19.1. The maximum absolute atomic E-state index is 14.2. The van der Waals surface area contributed by atoms with Gasteiger partial charge in [-0.3, -0.25) is 4.79 Å². The molecule has 3 aromatic rings. The monoisotopic (exact) mass is 372 g/mol. The minimum Gasteiger partial charge on any atom is -0.454 e. The third-order valence-electron chi connectivity index (χ3n) is 3.50. The predicted molar refractivity (Wildman–Crippen MR) is 94.3 cm³/mol. The van der Waals surface area contributed by atoms with Crippen molar-refractivity contribution in [3.8, 4) is 11.5 Å². The number of pyridine rings is 1. The Morgan fingerprint density at radius 3 is 2.41 bits per heavy atom. The number of hydrogen-bond acceptors (Lipinski definition) is 4. The summed E-state index contributed by atoms with van der Waals surface area (Å²) >= 11 is 0. The second kappa shape index (κ2) is 7.69. The van der Waals surface area contributed by atoms with Gasteiger partial charge in [-0.25, -0.2) is 14.1 Å². The zero-order valence-corrected chi connectivity index (χ0v) is 14.2. The molecule has 6 nitrogen and oxygen atoms in total. The van der Waals surface area contributed by atoms with Crippen molar-refractivity contribution >= 4 is 23.1 Å². The average Bonchev–Trinajstić information content (AvgIpc) is 2.61. The van der Waals surface area contributed by atoms with Crippen LogP contribution in [0.2, 0.25) is 0 Å². The normalized spacial score (nSPS) is 10.3. The summed E-state index contributed by atoms with van der Waals surface area (Å²) in [6.45, 7) is 1.33. The standard InChI is InChI=1S/C19H15F2N3O3/c1-12(25)22-15-6-7-18(17(21)10-15)27-16-8-9-24(26)19(11-16)23-14-4-2-13(20)3-5-14/h2-11,26H,1H3,(H,22,25)/p+1. The van der Waals surface area contributed by atoms with Crippen molar-refractivity contribution in [2.75, 3.05) is 10.6 Å². The molecule has 1 aromatic heterocycles. The summed E-state index contributed by atoms with van der Waals surface area (Å²) in [4.78, 5) is 11.0. The first kappa shape index (κ1) is 18.1. The summed E-state index contributed by atoms with van der Waals surface area (Å²) in [5.74, 6) is -0.907. The third kappa shape index (κ3) is 4.69. The van der Waals surface area contributed by atoms with Crippen molar-refractivity contribution in [3.63, 3.8) is 0 Å². The Morgan fingerprint density at radius 1 is 1.04 bits per heavy atom. The lowest BCUT2D eigenvalue weighted by Gasteiger charge is -2.09. The second-order valence-electron chi connectivity index (χ2n) is 5.65. The number of rotatable bonds is 5. The number of amides is 1. The number of anilines is 3. The Labute approximate surface area is 153 Å². The Kier molecular flexibility index (Phi) is 5.16. The smallest absolute Gasteiger partial charge is 0.322 e. The maximum Gasteiger partial charge on any atom is 0.322 e. The molecule has 1 heterocycles. The van der Waals surface area contributed by atoms with Gasteiger partial charge in [0.2, 0.25) is 5.91 Å². The molecule has 27 heavy (non-hydrogen) atoms. The van der Waals surface area contributed by atoms with Gasteiger partial charge < -0.3 is 15.3 Å². The summed E-state index contributed by atoms with van der Waals surface area (Å²) in [6, 6.07) is 12.5. The molecule has 0 bridgehead atoms. The van der Waals surface area contributed by atoms with Crippen molar-refractivity contribution < 1.29 is 28.2 Å². The summed E-state index contributed by atoms with van der Waals surface area (Å²) in [5.41, 5.74) is 0.856. The van der Waals surface area contributed by atoms with Gasteiger partial charge in [0.1, 0.15) is 23.5 Å². The Morgan fingerprint density at radius 2 is 1.74 bits per heavy atom. The molecule has 3 N–H and O–H groups in total. The van der Waals surface area contributed by atoms with Crippen molar-refractivity contribution in [2.45, 2.75) is 6.92 Å². The molecule has 0 unspecified atom stereocenters. The summed E-state index contributed by atoms with van der Waals surface area (Å²) < 4.78 is 33.5. The number of nitrogens with one attached hydrogen (secondary N) is 2. The third-order valence-corrected chi connectivity index (χ3v) is 3.50. The van der Waals surface area contributed by atoms with E-state index in [1.54, 1.807) is 0 Å². The Bertz CT molecular complexity index is 978. The van der Waals surface area contributed by atoms with Crippen molar-refractivity contribution in [3.05, 3.63) is 72.4 Å². The first-order valence-electron chi connectivity index (χ1n) is 7.93. The van der Waals surface area contributed by atoms with Crippen LogP contribution >= 0.6 is 0 Å². The van der Waals surface area contributed by atoms with E-state index in [9.17, 15) is 18.8 Å². The minimum atomic E-state index is -0.657. The molecule has 3 rings (SSSR count). The van der Waals surface area contributed by atoms with Crippen LogP contribution in [0.5, 0.6) is 11.5 Å². The topological polar surface area (TPSA) is 74.5 Å². The van der Waals surface area contributed by atoms with Crippen LogP contribution in [0.1, 0.15) is 6.92 Å². The number of carbonyl (C=O) groups is 1.